The molecule has 4 aromatic rings. The molecule has 0 atom stereocenters. The van der Waals surface area contributed by atoms with Crippen LogP contribution in [0.25, 0.3) is 17.1 Å². The van der Waals surface area contributed by atoms with Crippen LogP contribution in [0.5, 0.6) is 11.5 Å². The van der Waals surface area contributed by atoms with E-state index >= 15 is 0 Å². The summed E-state index contributed by atoms with van der Waals surface area (Å²) in [5.41, 5.74) is 2.12. The van der Waals surface area contributed by atoms with Crippen molar-refractivity contribution in [2.45, 2.75) is 5.16 Å². The van der Waals surface area contributed by atoms with Crippen LogP contribution >= 0.6 is 11.8 Å². The minimum absolute atomic E-state index is 0.0609. The molecule has 6 nitrogen and oxygen atoms in total. The average molecular weight is 433 g/mol. The van der Waals surface area contributed by atoms with Gasteiger partial charge in [-0.05, 0) is 54.6 Å². The summed E-state index contributed by atoms with van der Waals surface area (Å²) in [6.07, 6.45) is 0. The summed E-state index contributed by atoms with van der Waals surface area (Å²) in [6, 6.07) is 20.8. The Morgan fingerprint density at radius 2 is 1.74 bits per heavy atom. The maximum atomic E-state index is 13.4. The third kappa shape index (κ3) is 3.89. The molecule has 0 aliphatic carbocycles. The number of Topliss-reactive ketones (excluding diaryl/α,β-unsaturated/α-hetero) is 1. The monoisotopic (exact) mass is 433 g/mol. The second-order valence-corrected chi connectivity index (χ2v) is 7.71. The van der Waals surface area contributed by atoms with Crippen molar-refractivity contribution in [2.75, 3.05) is 12.5 Å². The second kappa shape index (κ2) is 8.23. The number of rotatable bonds is 6. The number of hydrogen-bond donors (Lipinski definition) is 0. The fourth-order valence-electron chi connectivity index (χ4n) is 3.24. The quantitative estimate of drug-likeness (QED) is 0.322. The molecule has 1 aliphatic rings. The van der Waals surface area contributed by atoms with Crippen molar-refractivity contribution in [3.8, 4) is 28.6 Å². The topological polar surface area (TPSA) is 66.2 Å². The smallest absolute Gasteiger partial charge is 0.231 e. The molecule has 3 aromatic carbocycles. The maximum Gasteiger partial charge on any atom is 0.231 e. The Labute approximate surface area is 181 Å². The van der Waals surface area contributed by atoms with Crippen molar-refractivity contribution in [1.29, 1.82) is 0 Å². The fourth-order valence-corrected chi connectivity index (χ4v) is 4.09. The first kappa shape index (κ1) is 19.3. The molecule has 0 spiro atoms. The molecule has 154 valence electrons. The molecular formula is C23H16FN3O3S. The van der Waals surface area contributed by atoms with Crippen molar-refractivity contribution in [2.24, 2.45) is 0 Å². The van der Waals surface area contributed by atoms with E-state index in [0.717, 1.165) is 11.3 Å². The predicted octanol–water partition coefficient (Wildman–Crippen LogP) is 4.78. The molecule has 0 saturated carbocycles. The van der Waals surface area contributed by atoms with Gasteiger partial charge in [0.05, 0.1) is 5.75 Å². The number of nitrogens with zero attached hydrogens (tertiary/aromatic N) is 3. The van der Waals surface area contributed by atoms with Gasteiger partial charge in [-0.15, -0.1) is 10.2 Å². The highest BCUT2D eigenvalue weighted by Gasteiger charge is 2.20. The highest BCUT2D eigenvalue weighted by atomic mass is 32.2. The number of thioether (sulfide) groups is 1. The van der Waals surface area contributed by atoms with Gasteiger partial charge in [0, 0.05) is 16.8 Å². The van der Waals surface area contributed by atoms with Crippen LogP contribution < -0.4 is 9.47 Å². The van der Waals surface area contributed by atoms with E-state index in [1.165, 1.54) is 23.9 Å². The number of carbonyl (C=O) groups excluding carboxylic acids is 1. The van der Waals surface area contributed by atoms with E-state index in [1.807, 2.05) is 34.9 Å². The Balaban J connectivity index is 1.44. The van der Waals surface area contributed by atoms with Crippen molar-refractivity contribution >= 4 is 17.5 Å². The van der Waals surface area contributed by atoms with Gasteiger partial charge in [0.1, 0.15) is 5.82 Å². The number of fused-ring (bicyclic) bond motifs is 1. The first-order valence-corrected chi connectivity index (χ1v) is 10.5. The Kier molecular flexibility index (Phi) is 5.13. The van der Waals surface area contributed by atoms with Crippen molar-refractivity contribution in [1.82, 2.24) is 14.8 Å². The Bertz CT molecular complexity index is 1240. The molecule has 31 heavy (non-hydrogen) atoms. The van der Waals surface area contributed by atoms with Crippen LogP contribution in [0.4, 0.5) is 4.39 Å². The van der Waals surface area contributed by atoms with Crippen LogP contribution in [0.15, 0.2) is 78.0 Å². The molecule has 0 unspecified atom stereocenters. The lowest BCUT2D eigenvalue weighted by Crippen LogP contribution is -2.05. The van der Waals surface area contributed by atoms with Gasteiger partial charge in [-0.1, -0.05) is 30.0 Å². The summed E-state index contributed by atoms with van der Waals surface area (Å²) in [5, 5.41) is 9.18. The van der Waals surface area contributed by atoms with E-state index in [-0.39, 0.29) is 24.1 Å². The number of ketones is 1. The summed E-state index contributed by atoms with van der Waals surface area (Å²) in [4.78, 5) is 12.8. The van der Waals surface area contributed by atoms with E-state index in [2.05, 4.69) is 10.2 Å². The summed E-state index contributed by atoms with van der Waals surface area (Å²) < 4.78 is 25.9. The number of hydrogen-bond acceptors (Lipinski definition) is 6. The summed E-state index contributed by atoms with van der Waals surface area (Å²) in [7, 11) is 0. The molecule has 1 aromatic heterocycles. The second-order valence-electron chi connectivity index (χ2n) is 6.76. The van der Waals surface area contributed by atoms with Crippen molar-refractivity contribution in [3.05, 3.63) is 84.2 Å². The van der Waals surface area contributed by atoms with Gasteiger partial charge in [0.2, 0.25) is 6.79 Å². The van der Waals surface area contributed by atoms with Gasteiger partial charge in [-0.3, -0.25) is 9.36 Å². The number of para-hydroxylation sites is 1. The molecular weight excluding hydrogens is 417 g/mol. The van der Waals surface area contributed by atoms with E-state index < -0.39 is 0 Å². The fraction of sp³-hybridized carbons (Fsp3) is 0.0870. The lowest BCUT2D eigenvalue weighted by atomic mass is 10.1. The molecule has 1 aliphatic heterocycles. The first-order valence-electron chi connectivity index (χ1n) is 9.51. The van der Waals surface area contributed by atoms with Crippen molar-refractivity contribution in [3.63, 3.8) is 0 Å². The summed E-state index contributed by atoms with van der Waals surface area (Å²) in [5.74, 6) is 1.57. The highest BCUT2D eigenvalue weighted by Crippen LogP contribution is 2.33. The molecule has 8 heteroatoms. The van der Waals surface area contributed by atoms with Gasteiger partial charge >= 0.3 is 0 Å². The number of halogens is 1. The Hall–Kier alpha value is -3.65. The number of ether oxygens (including phenoxy) is 2. The summed E-state index contributed by atoms with van der Waals surface area (Å²) >= 11 is 1.29. The SMILES string of the molecule is O=C(CSc1nnc(-c2ccc(F)cc2)n1-c1ccccc1)c1ccc2c(c1)OCO2. The molecule has 0 saturated heterocycles. The molecule has 0 amide bonds. The van der Waals surface area contributed by atoms with Crippen LogP contribution in [0.2, 0.25) is 0 Å². The average Bonchev–Trinajstić information content (AvgIpc) is 3.45. The lowest BCUT2D eigenvalue weighted by Gasteiger charge is -2.10. The third-order valence-electron chi connectivity index (χ3n) is 4.78. The summed E-state index contributed by atoms with van der Waals surface area (Å²) in [6.45, 7) is 0.161. The van der Waals surface area contributed by atoms with Crippen molar-refractivity contribution < 1.29 is 18.7 Å². The lowest BCUT2D eigenvalue weighted by molar-refractivity contribution is 0.102. The van der Waals surface area contributed by atoms with Crippen LogP contribution in [0.1, 0.15) is 10.4 Å². The third-order valence-corrected chi connectivity index (χ3v) is 5.71. The van der Waals surface area contributed by atoms with Gasteiger partial charge < -0.3 is 9.47 Å². The zero-order chi connectivity index (χ0) is 21.2. The Morgan fingerprint density at radius 3 is 2.55 bits per heavy atom. The number of carbonyl (C=O) groups is 1. The van der Waals surface area contributed by atoms with E-state index in [1.54, 1.807) is 30.3 Å². The molecule has 0 bridgehead atoms. The largest absolute Gasteiger partial charge is 0.454 e. The molecule has 0 fully saturated rings. The highest BCUT2D eigenvalue weighted by molar-refractivity contribution is 7.99. The molecule has 0 radical (unpaired) electrons. The van der Waals surface area contributed by atoms with E-state index in [4.69, 9.17) is 9.47 Å². The Morgan fingerprint density at radius 1 is 0.968 bits per heavy atom. The van der Waals surface area contributed by atoms with Crippen LogP contribution in [0.3, 0.4) is 0 Å². The standard InChI is InChI=1S/C23H16FN3O3S/c24-17-9-6-15(7-10-17)22-25-26-23(27(22)18-4-2-1-3-5-18)31-13-19(28)16-8-11-20-21(12-16)30-14-29-20/h1-12H,13-14H2. The van der Waals surface area contributed by atoms with Gasteiger partial charge in [-0.2, -0.15) is 0 Å². The minimum atomic E-state index is -0.321. The van der Waals surface area contributed by atoms with E-state index in [0.29, 0.717) is 28.0 Å². The van der Waals surface area contributed by atoms with Crippen LogP contribution in [-0.4, -0.2) is 33.1 Å². The number of benzene rings is 3. The molecule has 2 heterocycles. The zero-order valence-corrected chi connectivity index (χ0v) is 17.0. The van der Waals surface area contributed by atoms with E-state index in [9.17, 15) is 9.18 Å². The maximum absolute atomic E-state index is 13.4. The van der Waals surface area contributed by atoms with Gasteiger partial charge in [-0.25, -0.2) is 4.39 Å². The molecule has 5 rings (SSSR count). The van der Waals surface area contributed by atoms with Gasteiger partial charge in [0.15, 0.2) is 28.3 Å². The van der Waals surface area contributed by atoms with Crippen LogP contribution in [0, 0.1) is 5.82 Å². The zero-order valence-electron chi connectivity index (χ0n) is 16.2. The van der Waals surface area contributed by atoms with Crippen LogP contribution in [-0.2, 0) is 0 Å². The normalized spacial score (nSPS) is 12.2. The predicted molar refractivity (Wildman–Crippen MR) is 114 cm³/mol. The number of aromatic nitrogens is 3. The molecule has 0 N–H and O–H groups in total. The first-order chi connectivity index (χ1) is 15.2. The van der Waals surface area contributed by atoms with Gasteiger partial charge in [0.25, 0.3) is 0 Å². The minimum Gasteiger partial charge on any atom is -0.454 e.